The topological polar surface area (TPSA) is 30.5 Å². The molecule has 1 atom stereocenters. The van der Waals surface area contributed by atoms with Crippen LogP contribution in [0.5, 0.6) is 11.5 Å². The van der Waals surface area contributed by atoms with Crippen molar-refractivity contribution in [2.75, 3.05) is 13.7 Å². The van der Waals surface area contributed by atoms with Gasteiger partial charge in [-0.25, -0.2) is 0 Å². The molecule has 1 aliphatic heterocycles. The van der Waals surface area contributed by atoms with Crippen LogP contribution in [0.15, 0.2) is 42.5 Å². The Bertz CT molecular complexity index is 610. The van der Waals surface area contributed by atoms with Crippen LogP contribution in [0.4, 0.5) is 0 Å². The molecule has 0 fully saturated rings. The average Bonchev–Trinajstić information content (AvgIpc) is 2.88. The van der Waals surface area contributed by atoms with Crippen LogP contribution < -0.4 is 14.8 Å². The number of methoxy groups -OCH3 is 1. The molecule has 0 bridgehead atoms. The molecule has 3 heteroatoms. The van der Waals surface area contributed by atoms with Gasteiger partial charge in [-0.15, -0.1) is 0 Å². The highest BCUT2D eigenvalue weighted by molar-refractivity contribution is 5.40. The van der Waals surface area contributed by atoms with Crippen LogP contribution in [0, 0.1) is 6.92 Å². The van der Waals surface area contributed by atoms with E-state index in [1.165, 1.54) is 16.7 Å². The lowest BCUT2D eigenvalue weighted by Crippen LogP contribution is -2.22. The number of rotatable bonds is 4. The molecule has 0 aliphatic carbocycles. The smallest absolute Gasteiger partial charge is 0.124 e. The van der Waals surface area contributed by atoms with Gasteiger partial charge in [0.15, 0.2) is 0 Å². The summed E-state index contributed by atoms with van der Waals surface area (Å²) in [4.78, 5) is 0. The Hall–Kier alpha value is -2.00. The average molecular weight is 269 g/mol. The predicted octanol–water partition coefficient (Wildman–Crippen LogP) is 3.23. The van der Waals surface area contributed by atoms with Crippen LogP contribution in [-0.2, 0) is 6.54 Å². The molecule has 2 aromatic rings. The van der Waals surface area contributed by atoms with Gasteiger partial charge in [-0.2, -0.15) is 0 Å². The first-order chi connectivity index (χ1) is 9.78. The minimum Gasteiger partial charge on any atom is -0.496 e. The molecule has 0 spiro atoms. The maximum atomic E-state index is 5.69. The molecule has 1 N–H and O–H groups in total. The maximum absolute atomic E-state index is 5.69. The molecule has 1 aliphatic rings. The third kappa shape index (κ3) is 2.49. The predicted molar refractivity (Wildman–Crippen MR) is 79.2 cm³/mol. The highest BCUT2D eigenvalue weighted by Crippen LogP contribution is 2.32. The first-order valence-corrected chi connectivity index (χ1v) is 6.86. The molecule has 0 radical (unpaired) electrons. The molecular formula is C17H19NO2. The van der Waals surface area contributed by atoms with Gasteiger partial charge in [0.05, 0.1) is 13.2 Å². The van der Waals surface area contributed by atoms with E-state index < -0.39 is 0 Å². The molecule has 3 nitrogen and oxygen atoms in total. The van der Waals surface area contributed by atoms with Crippen molar-refractivity contribution in [1.29, 1.82) is 0 Å². The molecule has 2 aromatic carbocycles. The Morgan fingerprint density at radius 3 is 2.95 bits per heavy atom. The third-order valence-electron chi connectivity index (χ3n) is 3.67. The Kier molecular flexibility index (Phi) is 3.61. The van der Waals surface area contributed by atoms with Crippen molar-refractivity contribution in [2.45, 2.75) is 19.5 Å². The van der Waals surface area contributed by atoms with E-state index in [1.54, 1.807) is 7.11 Å². The largest absolute Gasteiger partial charge is 0.496 e. The quantitative estimate of drug-likeness (QED) is 0.924. The fourth-order valence-electron chi connectivity index (χ4n) is 2.61. The normalized spacial score (nSPS) is 16.6. The molecule has 104 valence electrons. The SMILES string of the molecule is COc1ccc(C)cc1CNC1COc2ccccc21. The standard InChI is InChI=1S/C17H19NO2/c1-12-7-8-16(19-2)13(9-12)10-18-15-11-20-17-6-4-3-5-14(15)17/h3-9,15,18H,10-11H2,1-2H3. The van der Waals surface area contributed by atoms with Gasteiger partial charge in [0.1, 0.15) is 18.1 Å². The fraction of sp³-hybridized carbons (Fsp3) is 0.294. The number of hydrogen-bond donors (Lipinski definition) is 1. The van der Waals surface area contributed by atoms with E-state index in [0.29, 0.717) is 6.61 Å². The Balaban J connectivity index is 1.73. The van der Waals surface area contributed by atoms with Gasteiger partial charge < -0.3 is 14.8 Å². The Morgan fingerprint density at radius 1 is 1.25 bits per heavy atom. The first-order valence-electron chi connectivity index (χ1n) is 6.86. The molecule has 0 saturated carbocycles. The van der Waals surface area contributed by atoms with Gasteiger partial charge >= 0.3 is 0 Å². The van der Waals surface area contributed by atoms with Crippen LogP contribution >= 0.6 is 0 Å². The van der Waals surface area contributed by atoms with E-state index in [2.05, 4.69) is 36.5 Å². The molecule has 1 heterocycles. The van der Waals surface area contributed by atoms with Crippen molar-refractivity contribution in [3.63, 3.8) is 0 Å². The van der Waals surface area contributed by atoms with Crippen LogP contribution in [0.1, 0.15) is 22.7 Å². The van der Waals surface area contributed by atoms with Crippen LogP contribution in [0.25, 0.3) is 0 Å². The number of para-hydroxylation sites is 1. The number of ether oxygens (including phenoxy) is 2. The first kappa shape index (κ1) is 13.0. The lowest BCUT2D eigenvalue weighted by atomic mass is 10.1. The number of benzene rings is 2. The van der Waals surface area contributed by atoms with E-state index in [4.69, 9.17) is 9.47 Å². The second-order valence-electron chi connectivity index (χ2n) is 5.10. The van der Waals surface area contributed by atoms with Crippen LogP contribution in [-0.4, -0.2) is 13.7 Å². The molecule has 20 heavy (non-hydrogen) atoms. The fourth-order valence-corrected chi connectivity index (χ4v) is 2.61. The summed E-state index contributed by atoms with van der Waals surface area (Å²) in [6.07, 6.45) is 0. The van der Waals surface area contributed by atoms with Gasteiger partial charge in [-0.05, 0) is 19.1 Å². The molecule has 0 saturated heterocycles. The second kappa shape index (κ2) is 5.55. The van der Waals surface area contributed by atoms with E-state index in [9.17, 15) is 0 Å². The third-order valence-corrected chi connectivity index (χ3v) is 3.67. The number of nitrogens with one attached hydrogen (secondary N) is 1. The van der Waals surface area contributed by atoms with E-state index in [0.717, 1.165) is 18.0 Å². The number of aryl methyl sites for hydroxylation is 1. The van der Waals surface area contributed by atoms with Gasteiger partial charge in [-0.1, -0.05) is 35.9 Å². The minimum atomic E-state index is 0.247. The zero-order valence-electron chi connectivity index (χ0n) is 11.8. The molecular weight excluding hydrogens is 250 g/mol. The number of fused-ring (bicyclic) bond motifs is 1. The van der Waals surface area contributed by atoms with Crippen molar-refractivity contribution in [3.05, 3.63) is 59.2 Å². The zero-order valence-corrected chi connectivity index (χ0v) is 11.8. The van der Waals surface area contributed by atoms with Crippen molar-refractivity contribution in [3.8, 4) is 11.5 Å². The van der Waals surface area contributed by atoms with Crippen molar-refractivity contribution < 1.29 is 9.47 Å². The summed E-state index contributed by atoms with van der Waals surface area (Å²) in [5.41, 5.74) is 3.65. The van der Waals surface area contributed by atoms with Gasteiger partial charge in [0, 0.05) is 17.7 Å². The Morgan fingerprint density at radius 2 is 2.10 bits per heavy atom. The summed E-state index contributed by atoms with van der Waals surface area (Å²) in [6, 6.07) is 14.7. The number of hydrogen-bond acceptors (Lipinski definition) is 3. The molecule has 0 aromatic heterocycles. The highest BCUT2D eigenvalue weighted by Gasteiger charge is 2.23. The van der Waals surface area contributed by atoms with Crippen molar-refractivity contribution in [1.82, 2.24) is 5.32 Å². The lowest BCUT2D eigenvalue weighted by Gasteiger charge is -2.14. The van der Waals surface area contributed by atoms with Gasteiger partial charge in [0.25, 0.3) is 0 Å². The summed E-state index contributed by atoms with van der Waals surface area (Å²) in [6.45, 7) is 3.55. The van der Waals surface area contributed by atoms with Crippen molar-refractivity contribution >= 4 is 0 Å². The van der Waals surface area contributed by atoms with Gasteiger partial charge in [-0.3, -0.25) is 0 Å². The summed E-state index contributed by atoms with van der Waals surface area (Å²) < 4.78 is 11.1. The monoisotopic (exact) mass is 269 g/mol. The Labute approximate surface area is 119 Å². The van der Waals surface area contributed by atoms with Crippen LogP contribution in [0.3, 0.4) is 0 Å². The van der Waals surface area contributed by atoms with E-state index in [-0.39, 0.29) is 6.04 Å². The van der Waals surface area contributed by atoms with Gasteiger partial charge in [0.2, 0.25) is 0 Å². The van der Waals surface area contributed by atoms with E-state index in [1.807, 2.05) is 18.2 Å². The summed E-state index contributed by atoms with van der Waals surface area (Å²) in [5, 5.41) is 3.55. The highest BCUT2D eigenvalue weighted by atomic mass is 16.5. The van der Waals surface area contributed by atoms with Crippen molar-refractivity contribution in [2.24, 2.45) is 0 Å². The summed E-state index contributed by atoms with van der Waals surface area (Å²) in [7, 11) is 1.71. The lowest BCUT2D eigenvalue weighted by molar-refractivity contribution is 0.309. The molecule has 3 rings (SSSR count). The summed E-state index contributed by atoms with van der Waals surface area (Å²) >= 11 is 0. The van der Waals surface area contributed by atoms with Crippen LogP contribution in [0.2, 0.25) is 0 Å². The maximum Gasteiger partial charge on any atom is 0.124 e. The second-order valence-corrected chi connectivity index (χ2v) is 5.10. The van der Waals surface area contributed by atoms with E-state index >= 15 is 0 Å². The molecule has 1 unspecified atom stereocenters. The summed E-state index contributed by atoms with van der Waals surface area (Å²) in [5.74, 6) is 1.91. The zero-order chi connectivity index (χ0) is 13.9. The minimum absolute atomic E-state index is 0.247. The molecule has 0 amide bonds.